The van der Waals surface area contributed by atoms with Crippen molar-refractivity contribution in [1.29, 1.82) is 0 Å². The maximum atomic E-state index is 13.5. The van der Waals surface area contributed by atoms with Crippen LogP contribution in [0.15, 0.2) is 60.9 Å². The van der Waals surface area contributed by atoms with Crippen LogP contribution in [-0.2, 0) is 20.3 Å². The lowest BCUT2D eigenvalue weighted by Gasteiger charge is -2.17. The highest BCUT2D eigenvalue weighted by molar-refractivity contribution is 8.72. The van der Waals surface area contributed by atoms with Crippen molar-refractivity contribution in [2.75, 3.05) is 29.6 Å². The Labute approximate surface area is 254 Å². The third-order valence-electron chi connectivity index (χ3n) is 6.30. The van der Waals surface area contributed by atoms with Gasteiger partial charge >= 0.3 is 0 Å². The fraction of sp³-hybridized carbons (Fsp3) is 0.250. The van der Waals surface area contributed by atoms with Crippen molar-refractivity contribution in [1.82, 2.24) is 9.97 Å². The molecule has 4 aromatic rings. The molecule has 15 heteroatoms. The predicted molar refractivity (Wildman–Crippen MR) is 162 cm³/mol. The average Bonchev–Trinajstić information content (AvgIpc) is 3.35. The fourth-order valence-corrected chi connectivity index (χ4v) is 8.08. The van der Waals surface area contributed by atoms with Crippen LogP contribution in [0.4, 0.5) is 21.6 Å². The summed E-state index contributed by atoms with van der Waals surface area (Å²) in [6.07, 6.45) is 0.334. The number of anilines is 3. The number of nitrogens with one attached hydrogen (secondary N) is 2. The molecule has 0 saturated carbocycles. The number of benzene rings is 3. The van der Waals surface area contributed by atoms with Crippen LogP contribution in [-0.4, -0.2) is 64.8 Å². The van der Waals surface area contributed by atoms with Gasteiger partial charge in [-0.05, 0) is 59.2 Å². The summed E-state index contributed by atoms with van der Waals surface area (Å²) in [6.45, 7) is -0.667. The Morgan fingerprint density at radius 1 is 1.14 bits per heavy atom. The van der Waals surface area contributed by atoms with Crippen LogP contribution in [0, 0.1) is 5.82 Å². The van der Waals surface area contributed by atoms with Crippen LogP contribution in [0.3, 0.4) is 0 Å². The number of ether oxygens (including phenoxy) is 2. The van der Waals surface area contributed by atoms with Gasteiger partial charge in [-0.25, -0.2) is 22.8 Å². The number of carbonyl (C=O) groups excluding carboxylic acids is 1. The molecule has 0 radical (unpaired) electrons. The predicted octanol–water partition coefficient (Wildman–Crippen LogP) is 4.25. The van der Waals surface area contributed by atoms with Crippen LogP contribution in [0.25, 0.3) is 10.9 Å². The van der Waals surface area contributed by atoms with Crippen molar-refractivity contribution < 1.29 is 37.3 Å². The van der Waals surface area contributed by atoms with Gasteiger partial charge in [-0.2, -0.15) is 0 Å². The minimum Gasteiger partial charge on any atom is -0.489 e. The SMILES string of the molecule is O=C(Nc1cc2c(Nc3ccc(OCc4cccc(F)c4)c(Cl)c3)ncnc2cc1OCC(O)CO)C1CCS(=O)(=O)S1. The van der Waals surface area contributed by atoms with E-state index < -0.39 is 32.7 Å². The van der Waals surface area contributed by atoms with E-state index in [4.69, 9.17) is 21.1 Å². The number of fused-ring (bicyclic) bond motifs is 1. The van der Waals surface area contributed by atoms with Crippen LogP contribution < -0.4 is 20.1 Å². The molecular formula is C28H26ClFN4O7S2. The van der Waals surface area contributed by atoms with Crippen molar-refractivity contribution in [3.63, 3.8) is 0 Å². The molecule has 0 bridgehead atoms. The molecule has 2 atom stereocenters. The lowest BCUT2D eigenvalue weighted by Crippen LogP contribution is -2.25. The maximum absolute atomic E-state index is 13.5. The molecule has 1 aromatic heterocycles. The minimum absolute atomic E-state index is 0.0986. The van der Waals surface area contributed by atoms with Crippen LogP contribution in [0.1, 0.15) is 12.0 Å². The number of rotatable bonds is 11. The van der Waals surface area contributed by atoms with E-state index in [-0.39, 0.29) is 42.6 Å². The number of aliphatic hydroxyl groups excluding tert-OH is 2. The third-order valence-corrected chi connectivity index (χ3v) is 10.4. The molecule has 226 valence electrons. The zero-order valence-corrected chi connectivity index (χ0v) is 24.8. The van der Waals surface area contributed by atoms with Crippen molar-refractivity contribution in [2.24, 2.45) is 0 Å². The highest BCUT2D eigenvalue weighted by Gasteiger charge is 2.34. The number of aromatic nitrogens is 2. The molecule has 0 aliphatic carbocycles. The minimum atomic E-state index is -3.37. The first-order chi connectivity index (χ1) is 20.6. The lowest BCUT2D eigenvalue weighted by atomic mass is 10.1. The topological polar surface area (TPSA) is 160 Å². The monoisotopic (exact) mass is 648 g/mol. The van der Waals surface area contributed by atoms with E-state index in [2.05, 4.69) is 20.6 Å². The van der Waals surface area contributed by atoms with Gasteiger partial charge < -0.3 is 30.3 Å². The fourth-order valence-electron chi connectivity index (χ4n) is 4.17. The molecule has 5 rings (SSSR count). The van der Waals surface area contributed by atoms with Crippen molar-refractivity contribution >= 4 is 65.3 Å². The van der Waals surface area contributed by atoms with Crippen LogP contribution in [0.2, 0.25) is 5.02 Å². The summed E-state index contributed by atoms with van der Waals surface area (Å²) in [5.74, 6) is -0.0639. The molecule has 11 nitrogen and oxygen atoms in total. The van der Waals surface area contributed by atoms with Gasteiger partial charge in [-0.1, -0.05) is 23.7 Å². The molecule has 0 spiro atoms. The number of halogens is 2. The second kappa shape index (κ2) is 13.3. The number of carbonyl (C=O) groups is 1. The summed E-state index contributed by atoms with van der Waals surface area (Å²) in [7, 11) is -2.76. The van der Waals surface area contributed by atoms with Gasteiger partial charge in [0.25, 0.3) is 0 Å². The number of hydrogen-bond acceptors (Lipinski definition) is 11. The summed E-state index contributed by atoms with van der Waals surface area (Å²) >= 11 is 6.45. The first-order valence-corrected chi connectivity index (χ1v) is 16.4. The zero-order valence-electron chi connectivity index (χ0n) is 22.4. The lowest BCUT2D eigenvalue weighted by molar-refractivity contribution is -0.115. The van der Waals surface area contributed by atoms with E-state index in [1.165, 1.54) is 24.5 Å². The molecule has 1 fully saturated rings. The molecule has 1 aliphatic heterocycles. The number of aliphatic hydroxyl groups is 2. The van der Waals surface area contributed by atoms with Crippen LogP contribution in [0.5, 0.6) is 11.5 Å². The Bertz CT molecular complexity index is 1760. The van der Waals surface area contributed by atoms with Gasteiger partial charge in [0.1, 0.15) is 48.8 Å². The van der Waals surface area contributed by atoms with E-state index >= 15 is 0 Å². The highest BCUT2D eigenvalue weighted by Crippen LogP contribution is 2.37. The first kappa shape index (κ1) is 30.8. The van der Waals surface area contributed by atoms with Gasteiger partial charge in [0.05, 0.1) is 33.8 Å². The highest BCUT2D eigenvalue weighted by atomic mass is 35.5. The molecule has 4 N–H and O–H groups in total. The normalized spacial score (nSPS) is 16.5. The van der Waals surface area contributed by atoms with E-state index in [0.717, 1.165) is 0 Å². The molecule has 3 aromatic carbocycles. The van der Waals surface area contributed by atoms with Gasteiger partial charge in [0.15, 0.2) is 0 Å². The molecule has 1 aliphatic rings. The van der Waals surface area contributed by atoms with E-state index in [0.29, 0.717) is 49.5 Å². The Morgan fingerprint density at radius 2 is 1.98 bits per heavy atom. The van der Waals surface area contributed by atoms with E-state index in [9.17, 15) is 27.8 Å². The standard InChI is InChI=1S/C28H26ClFN4O7S2/c29-21-9-18(4-5-24(21)40-13-16-2-1-3-17(30)8-16)33-27-20-10-23(34-28(37)26-6-7-43(38,39)42-26)25(41-14-19(36)12-35)11-22(20)31-15-32-27/h1-5,8-11,15,19,26,35-36H,6-7,12-14H2,(H,34,37)(H,31,32,33). The Kier molecular flexibility index (Phi) is 9.52. The largest absolute Gasteiger partial charge is 0.489 e. The third kappa shape index (κ3) is 7.83. The van der Waals surface area contributed by atoms with E-state index in [1.807, 2.05) is 0 Å². The Hall–Kier alpha value is -3.69. The summed E-state index contributed by atoms with van der Waals surface area (Å²) in [4.78, 5) is 21.6. The van der Waals surface area contributed by atoms with Crippen molar-refractivity contribution in [3.05, 3.63) is 77.3 Å². The summed E-state index contributed by atoms with van der Waals surface area (Å²) in [5, 5.41) is 24.8. The average molecular weight is 649 g/mol. The Morgan fingerprint density at radius 3 is 2.70 bits per heavy atom. The molecule has 2 unspecified atom stereocenters. The smallest absolute Gasteiger partial charge is 0.238 e. The molecule has 2 heterocycles. The molecular weight excluding hydrogens is 623 g/mol. The second-order valence-electron chi connectivity index (χ2n) is 9.55. The Balaban J connectivity index is 1.39. The molecule has 1 amide bonds. The van der Waals surface area contributed by atoms with Gasteiger partial charge in [-0.15, -0.1) is 0 Å². The van der Waals surface area contributed by atoms with Crippen LogP contribution >= 0.6 is 22.4 Å². The van der Waals surface area contributed by atoms with E-state index in [1.54, 1.807) is 36.4 Å². The number of hydrogen-bond donors (Lipinski definition) is 4. The second-order valence-corrected chi connectivity index (χ2v) is 14.3. The number of amides is 1. The molecule has 43 heavy (non-hydrogen) atoms. The quantitative estimate of drug-likeness (QED) is 0.172. The first-order valence-electron chi connectivity index (χ1n) is 13.0. The van der Waals surface area contributed by atoms with Crippen molar-refractivity contribution in [3.8, 4) is 11.5 Å². The maximum Gasteiger partial charge on any atom is 0.238 e. The zero-order chi connectivity index (χ0) is 30.6. The summed E-state index contributed by atoms with van der Waals surface area (Å²) in [6, 6.07) is 14.2. The summed E-state index contributed by atoms with van der Waals surface area (Å²) < 4.78 is 48.6. The summed E-state index contributed by atoms with van der Waals surface area (Å²) in [5.41, 5.74) is 1.84. The number of nitrogens with zero attached hydrogens (tertiary/aromatic N) is 2. The van der Waals surface area contributed by atoms with Crippen molar-refractivity contribution in [2.45, 2.75) is 24.4 Å². The molecule has 1 saturated heterocycles. The van der Waals surface area contributed by atoms with Gasteiger partial charge in [-0.3, -0.25) is 4.79 Å². The van der Waals surface area contributed by atoms with Gasteiger partial charge in [0.2, 0.25) is 14.8 Å². The van der Waals surface area contributed by atoms with Gasteiger partial charge in [0, 0.05) is 17.1 Å².